The molecule has 6 nitrogen and oxygen atoms in total. The lowest BCUT2D eigenvalue weighted by atomic mass is 10.2. The van der Waals surface area contributed by atoms with Crippen LogP contribution in [0.15, 0.2) is 59.7 Å². The van der Waals surface area contributed by atoms with E-state index < -0.39 is 11.8 Å². The molecule has 0 atom stereocenters. The zero-order chi connectivity index (χ0) is 17.5. The number of ether oxygens (including phenoxy) is 1. The van der Waals surface area contributed by atoms with E-state index in [0.29, 0.717) is 17.9 Å². The van der Waals surface area contributed by atoms with Gasteiger partial charge in [0.1, 0.15) is 12.4 Å². The summed E-state index contributed by atoms with van der Waals surface area (Å²) in [4.78, 5) is 23.2. The van der Waals surface area contributed by atoms with Crippen LogP contribution >= 0.6 is 0 Å². The van der Waals surface area contributed by atoms with Gasteiger partial charge in [-0.25, -0.2) is 5.43 Å². The molecule has 1 aliphatic carbocycles. The first-order chi connectivity index (χ1) is 12.2. The van der Waals surface area contributed by atoms with Gasteiger partial charge in [-0.15, -0.1) is 0 Å². The Kier molecular flexibility index (Phi) is 5.41. The largest absolute Gasteiger partial charge is 0.488 e. The van der Waals surface area contributed by atoms with Crippen LogP contribution in [-0.4, -0.2) is 24.1 Å². The molecule has 2 amide bonds. The Morgan fingerprint density at radius 3 is 2.52 bits per heavy atom. The first-order valence-corrected chi connectivity index (χ1v) is 8.12. The minimum absolute atomic E-state index is 0.134. The average Bonchev–Trinajstić information content (AvgIpc) is 3.45. The molecule has 1 aliphatic rings. The summed E-state index contributed by atoms with van der Waals surface area (Å²) in [6.07, 6.45) is 3.31. The Bertz CT molecular complexity index is 770. The SMILES string of the molecule is O=C(N/N=C\c1ccccc1OCc1ccccc1)C(=O)NC1CC1. The number of para-hydroxylation sites is 1. The predicted molar refractivity (Wildman–Crippen MR) is 94.1 cm³/mol. The van der Waals surface area contributed by atoms with Crippen LogP contribution in [0.4, 0.5) is 0 Å². The van der Waals surface area contributed by atoms with Crippen LogP contribution in [0.25, 0.3) is 0 Å². The third kappa shape index (κ3) is 5.17. The fourth-order valence-corrected chi connectivity index (χ4v) is 2.14. The van der Waals surface area contributed by atoms with Crippen molar-refractivity contribution in [3.8, 4) is 5.75 Å². The molecule has 1 fully saturated rings. The lowest BCUT2D eigenvalue weighted by Crippen LogP contribution is -2.38. The van der Waals surface area contributed by atoms with E-state index in [2.05, 4.69) is 15.8 Å². The number of rotatable bonds is 6. The quantitative estimate of drug-likeness (QED) is 0.481. The third-order valence-electron chi connectivity index (χ3n) is 3.64. The van der Waals surface area contributed by atoms with Crippen LogP contribution in [0.2, 0.25) is 0 Å². The highest BCUT2D eigenvalue weighted by atomic mass is 16.5. The van der Waals surface area contributed by atoms with E-state index in [1.807, 2.05) is 54.6 Å². The molecular formula is C19H19N3O3. The lowest BCUT2D eigenvalue weighted by Gasteiger charge is -2.09. The van der Waals surface area contributed by atoms with E-state index in [4.69, 9.17) is 4.74 Å². The minimum atomic E-state index is -0.772. The maximum atomic E-state index is 11.6. The molecule has 0 radical (unpaired) electrons. The number of hydrazone groups is 1. The summed E-state index contributed by atoms with van der Waals surface area (Å²) in [6.45, 7) is 0.432. The summed E-state index contributed by atoms with van der Waals surface area (Å²) >= 11 is 0. The van der Waals surface area contributed by atoms with Gasteiger partial charge < -0.3 is 10.1 Å². The molecular weight excluding hydrogens is 318 g/mol. The van der Waals surface area contributed by atoms with Crippen molar-refractivity contribution in [1.82, 2.24) is 10.7 Å². The molecule has 2 N–H and O–H groups in total. The highest BCUT2D eigenvalue weighted by molar-refractivity contribution is 6.35. The second kappa shape index (κ2) is 8.10. The molecule has 128 valence electrons. The first-order valence-electron chi connectivity index (χ1n) is 8.12. The van der Waals surface area contributed by atoms with Crippen LogP contribution in [0.1, 0.15) is 24.0 Å². The number of nitrogens with one attached hydrogen (secondary N) is 2. The Labute approximate surface area is 145 Å². The Balaban J connectivity index is 1.56. The van der Waals surface area contributed by atoms with Crippen LogP contribution in [0, 0.1) is 0 Å². The summed E-state index contributed by atoms with van der Waals surface area (Å²) in [7, 11) is 0. The number of carbonyl (C=O) groups excluding carboxylic acids is 2. The maximum Gasteiger partial charge on any atom is 0.329 e. The fraction of sp³-hybridized carbons (Fsp3) is 0.211. The summed E-state index contributed by atoms with van der Waals surface area (Å²) in [5.41, 5.74) is 3.99. The molecule has 0 saturated heterocycles. The minimum Gasteiger partial charge on any atom is -0.488 e. The van der Waals surface area contributed by atoms with Crippen molar-refractivity contribution in [3.05, 3.63) is 65.7 Å². The maximum absolute atomic E-state index is 11.6. The number of hydrogen-bond acceptors (Lipinski definition) is 4. The number of nitrogens with zero attached hydrogens (tertiary/aromatic N) is 1. The molecule has 6 heteroatoms. The molecule has 0 spiro atoms. The van der Waals surface area contributed by atoms with Gasteiger partial charge in [0.15, 0.2) is 0 Å². The molecule has 3 rings (SSSR count). The molecule has 0 unspecified atom stereocenters. The number of carbonyl (C=O) groups is 2. The number of benzene rings is 2. The normalized spacial score (nSPS) is 13.4. The van der Waals surface area contributed by atoms with Crippen LogP contribution in [-0.2, 0) is 16.2 Å². The molecule has 2 aromatic rings. The zero-order valence-electron chi connectivity index (χ0n) is 13.6. The van der Waals surface area contributed by atoms with Gasteiger partial charge in [0.05, 0.1) is 6.21 Å². The Morgan fingerprint density at radius 1 is 1.04 bits per heavy atom. The predicted octanol–water partition coefficient (Wildman–Crippen LogP) is 1.99. The summed E-state index contributed by atoms with van der Waals surface area (Å²) in [6, 6.07) is 17.3. The van der Waals surface area contributed by atoms with Crippen LogP contribution in [0.5, 0.6) is 5.75 Å². The summed E-state index contributed by atoms with van der Waals surface area (Å²) in [5, 5.41) is 6.44. The topological polar surface area (TPSA) is 79.8 Å². The molecule has 0 aromatic heterocycles. The van der Waals surface area contributed by atoms with Gasteiger partial charge in [-0.05, 0) is 30.5 Å². The highest BCUT2D eigenvalue weighted by Gasteiger charge is 2.26. The van der Waals surface area contributed by atoms with Gasteiger partial charge in [-0.1, -0.05) is 42.5 Å². The van der Waals surface area contributed by atoms with Crippen molar-refractivity contribution < 1.29 is 14.3 Å². The standard InChI is InChI=1S/C19H19N3O3/c23-18(21-16-10-11-16)19(24)22-20-12-15-8-4-5-9-17(15)25-13-14-6-2-1-3-7-14/h1-9,12,16H,10-11,13H2,(H,21,23)(H,22,24)/b20-12-. The van der Waals surface area contributed by atoms with E-state index in [1.54, 1.807) is 0 Å². The molecule has 25 heavy (non-hydrogen) atoms. The smallest absolute Gasteiger partial charge is 0.329 e. The van der Waals surface area contributed by atoms with Crippen molar-refractivity contribution in [2.24, 2.45) is 5.10 Å². The second-order valence-corrected chi connectivity index (χ2v) is 5.76. The van der Waals surface area contributed by atoms with Gasteiger partial charge in [-0.3, -0.25) is 9.59 Å². The van der Waals surface area contributed by atoms with E-state index in [1.165, 1.54) is 6.21 Å². The summed E-state index contributed by atoms with van der Waals surface area (Å²) in [5.74, 6) is -0.786. The van der Waals surface area contributed by atoms with E-state index >= 15 is 0 Å². The zero-order valence-corrected chi connectivity index (χ0v) is 13.6. The van der Waals surface area contributed by atoms with Crippen molar-refractivity contribution in [2.75, 3.05) is 0 Å². The van der Waals surface area contributed by atoms with Gasteiger partial charge >= 0.3 is 11.8 Å². The molecule has 2 aromatic carbocycles. The van der Waals surface area contributed by atoms with Crippen molar-refractivity contribution >= 4 is 18.0 Å². The number of hydrogen-bond donors (Lipinski definition) is 2. The monoisotopic (exact) mass is 337 g/mol. The van der Waals surface area contributed by atoms with E-state index in [-0.39, 0.29) is 6.04 Å². The van der Waals surface area contributed by atoms with Crippen molar-refractivity contribution in [2.45, 2.75) is 25.5 Å². The fourth-order valence-electron chi connectivity index (χ4n) is 2.14. The van der Waals surface area contributed by atoms with Crippen molar-refractivity contribution in [1.29, 1.82) is 0 Å². The van der Waals surface area contributed by atoms with Gasteiger partial charge in [0.25, 0.3) is 0 Å². The molecule has 0 heterocycles. The molecule has 1 saturated carbocycles. The van der Waals surface area contributed by atoms with E-state index in [0.717, 1.165) is 18.4 Å². The van der Waals surface area contributed by atoms with Crippen molar-refractivity contribution in [3.63, 3.8) is 0 Å². The average molecular weight is 337 g/mol. The highest BCUT2D eigenvalue weighted by Crippen LogP contribution is 2.18. The lowest BCUT2D eigenvalue weighted by molar-refractivity contribution is -0.139. The molecule has 0 aliphatic heterocycles. The van der Waals surface area contributed by atoms with E-state index in [9.17, 15) is 9.59 Å². The van der Waals surface area contributed by atoms with Gasteiger partial charge in [0.2, 0.25) is 0 Å². The Morgan fingerprint density at radius 2 is 1.76 bits per heavy atom. The van der Waals surface area contributed by atoms with Gasteiger partial charge in [0, 0.05) is 11.6 Å². The third-order valence-corrected chi connectivity index (χ3v) is 3.64. The van der Waals surface area contributed by atoms with Crippen LogP contribution < -0.4 is 15.5 Å². The van der Waals surface area contributed by atoms with Crippen LogP contribution in [0.3, 0.4) is 0 Å². The van der Waals surface area contributed by atoms with Gasteiger partial charge in [-0.2, -0.15) is 5.10 Å². The summed E-state index contributed by atoms with van der Waals surface area (Å²) < 4.78 is 5.81. The Hall–Kier alpha value is -3.15. The first kappa shape index (κ1) is 16.7. The number of amides is 2. The second-order valence-electron chi connectivity index (χ2n) is 5.76. The molecule has 0 bridgehead atoms.